The lowest BCUT2D eigenvalue weighted by atomic mass is 10.1. The Labute approximate surface area is 209 Å². The summed E-state index contributed by atoms with van der Waals surface area (Å²) in [6.45, 7) is 7.85. The number of piperazine rings is 1. The summed E-state index contributed by atoms with van der Waals surface area (Å²) >= 11 is 0. The van der Waals surface area contributed by atoms with Crippen LogP contribution in [0.4, 0.5) is 11.5 Å². The number of aromatic nitrogens is 2. The van der Waals surface area contributed by atoms with Crippen LogP contribution >= 0.6 is 0 Å². The van der Waals surface area contributed by atoms with E-state index in [4.69, 9.17) is 4.74 Å². The maximum atomic E-state index is 13.4. The van der Waals surface area contributed by atoms with E-state index in [9.17, 15) is 14.4 Å². The molecule has 0 aliphatic carbocycles. The van der Waals surface area contributed by atoms with E-state index in [-0.39, 0.29) is 24.0 Å². The summed E-state index contributed by atoms with van der Waals surface area (Å²) in [7, 11) is 0. The molecule has 0 radical (unpaired) electrons. The van der Waals surface area contributed by atoms with E-state index in [0.29, 0.717) is 43.4 Å². The molecule has 1 unspecified atom stereocenters. The van der Waals surface area contributed by atoms with Gasteiger partial charge in [-0.25, -0.2) is 0 Å². The van der Waals surface area contributed by atoms with E-state index < -0.39 is 6.04 Å². The molecule has 2 aliphatic heterocycles. The number of rotatable bonds is 4. The molecule has 3 heterocycles. The van der Waals surface area contributed by atoms with Crippen molar-refractivity contribution in [2.45, 2.75) is 26.8 Å². The third-order valence-electron chi connectivity index (χ3n) is 6.93. The number of carbonyl (C=O) groups excluding carboxylic acids is 2. The lowest BCUT2D eigenvalue weighted by molar-refractivity contribution is -0.135. The van der Waals surface area contributed by atoms with Crippen molar-refractivity contribution in [1.29, 1.82) is 0 Å². The van der Waals surface area contributed by atoms with Gasteiger partial charge in [0.05, 0.1) is 11.4 Å². The second kappa shape index (κ2) is 9.49. The number of fused-ring (bicyclic) bond motifs is 1. The number of hydrogen-bond donors (Lipinski definition) is 0. The van der Waals surface area contributed by atoms with Crippen molar-refractivity contribution in [1.82, 2.24) is 14.7 Å². The van der Waals surface area contributed by atoms with Gasteiger partial charge in [0.25, 0.3) is 11.5 Å². The second-order valence-electron chi connectivity index (χ2n) is 9.22. The Morgan fingerprint density at radius 3 is 2.44 bits per heavy atom. The van der Waals surface area contributed by atoms with Crippen LogP contribution in [0.25, 0.3) is 5.69 Å². The van der Waals surface area contributed by atoms with Crippen molar-refractivity contribution in [2.75, 3.05) is 42.6 Å². The molecule has 36 heavy (non-hydrogen) atoms. The molecule has 2 aliphatic rings. The van der Waals surface area contributed by atoms with E-state index >= 15 is 0 Å². The zero-order chi connectivity index (χ0) is 25.4. The van der Waals surface area contributed by atoms with Crippen molar-refractivity contribution in [3.63, 3.8) is 0 Å². The normalized spacial score (nSPS) is 16.4. The van der Waals surface area contributed by atoms with E-state index in [0.717, 1.165) is 16.8 Å². The zero-order valence-corrected chi connectivity index (χ0v) is 20.7. The summed E-state index contributed by atoms with van der Waals surface area (Å²) in [6, 6.07) is 15.7. The lowest BCUT2D eigenvalue weighted by Crippen LogP contribution is -2.56. The molecule has 0 N–H and O–H groups in total. The number of para-hydroxylation sites is 2. The predicted molar refractivity (Wildman–Crippen MR) is 137 cm³/mol. The monoisotopic (exact) mass is 487 g/mol. The standard InChI is InChI=1S/C27H29N5O4/c1-18-8-9-21(16-19(18)2)32-25(33)11-10-24(28-32)29-12-14-30(15-13-29)27(35)20(3)31-22-6-4-5-7-23(22)36-17-26(31)34/h4-11,16,20H,12-15,17H2,1-3H3. The van der Waals surface area contributed by atoms with Crippen LogP contribution in [0.3, 0.4) is 0 Å². The molecule has 0 bridgehead atoms. The van der Waals surface area contributed by atoms with Gasteiger partial charge < -0.3 is 14.5 Å². The Morgan fingerprint density at radius 2 is 1.69 bits per heavy atom. The van der Waals surface area contributed by atoms with Crippen LogP contribution in [0.15, 0.2) is 59.4 Å². The number of amides is 2. The molecule has 3 aromatic rings. The average molecular weight is 488 g/mol. The first-order chi connectivity index (χ1) is 17.3. The Kier molecular flexibility index (Phi) is 6.22. The molecule has 1 aromatic heterocycles. The molecule has 2 amide bonds. The molecule has 9 nitrogen and oxygen atoms in total. The summed E-state index contributed by atoms with van der Waals surface area (Å²) in [5.41, 5.74) is 3.39. The first kappa shape index (κ1) is 23.6. The van der Waals surface area contributed by atoms with E-state index in [1.165, 1.54) is 15.6 Å². The van der Waals surface area contributed by atoms with Crippen LogP contribution < -0.4 is 20.1 Å². The lowest BCUT2D eigenvalue weighted by Gasteiger charge is -2.39. The summed E-state index contributed by atoms with van der Waals surface area (Å²) in [5.74, 6) is 0.954. The maximum absolute atomic E-state index is 13.4. The van der Waals surface area contributed by atoms with Crippen molar-refractivity contribution >= 4 is 23.3 Å². The van der Waals surface area contributed by atoms with Gasteiger partial charge in [-0.1, -0.05) is 18.2 Å². The maximum Gasteiger partial charge on any atom is 0.271 e. The van der Waals surface area contributed by atoms with Gasteiger partial charge in [-0.3, -0.25) is 19.3 Å². The highest BCUT2D eigenvalue weighted by Gasteiger charge is 2.35. The number of anilines is 2. The van der Waals surface area contributed by atoms with Crippen LogP contribution in [-0.2, 0) is 9.59 Å². The molecule has 9 heteroatoms. The van der Waals surface area contributed by atoms with E-state index in [2.05, 4.69) is 10.00 Å². The third-order valence-corrected chi connectivity index (χ3v) is 6.93. The first-order valence-electron chi connectivity index (χ1n) is 12.1. The Balaban J connectivity index is 1.29. The number of carbonyl (C=O) groups is 2. The minimum atomic E-state index is -0.640. The molecule has 1 fully saturated rings. The molecular weight excluding hydrogens is 458 g/mol. The van der Waals surface area contributed by atoms with Crippen molar-refractivity contribution in [3.05, 3.63) is 76.1 Å². The molecule has 1 atom stereocenters. The number of nitrogens with zero attached hydrogens (tertiary/aromatic N) is 5. The average Bonchev–Trinajstić information content (AvgIpc) is 2.90. The van der Waals surface area contributed by atoms with Gasteiger partial charge >= 0.3 is 0 Å². The van der Waals surface area contributed by atoms with Gasteiger partial charge in [0, 0.05) is 32.2 Å². The topological polar surface area (TPSA) is 88.0 Å². The van der Waals surface area contributed by atoms with Crippen molar-refractivity contribution < 1.29 is 14.3 Å². The Bertz CT molecular complexity index is 1380. The molecular formula is C27H29N5O4. The van der Waals surface area contributed by atoms with Crippen molar-refractivity contribution in [2.24, 2.45) is 0 Å². The van der Waals surface area contributed by atoms with E-state index in [1.807, 2.05) is 44.2 Å². The van der Waals surface area contributed by atoms with Crippen molar-refractivity contribution in [3.8, 4) is 11.4 Å². The van der Waals surface area contributed by atoms with Gasteiger partial charge in [0.15, 0.2) is 6.61 Å². The summed E-state index contributed by atoms with van der Waals surface area (Å²) in [5, 5.41) is 4.61. The first-order valence-corrected chi connectivity index (χ1v) is 12.1. The van der Waals surface area contributed by atoms with Crippen LogP contribution in [0.5, 0.6) is 5.75 Å². The molecule has 186 valence electrons. The molecule has 0 saturated carbocycles. The largest absolute Gasteiger partial charge is 0.482 e. The van der Waals surface area contributed by atoms with Gasteiger partial charge in [-0.15, -0.1) is 5.10 Å². The SMILES string of the molecule is Cc1ccc(-n2nc(N3CCN(C(=O)C(C)N4C(=O)COc5ccccc54)CC3)ccc2=O)cc1C. The van der Waals surface area contributed by atoms with Gasteiger partial charge in [-0.2, -0.15) is 4.68 Å². The summed E-state index contributed by atoms with van der Waals surface area (Å²) in [6.07, 6.45) is 0. The van der Waals surface area contributed by atoms with Gasteiger partial charge in [0.1, 0.15) is 17.6 Å². The summed E-state index contributed by atoms with van der Waals surface area (Å²) in [4.78, 5) is 43.9. The third kappa shape index (κ3) is 4.32. The molecule has 2 aromatic carbocycles. The summed E-state index contributed by atoms with van der Waals surface area (Å²) < 4.78 is 6.93. The van der Waals surface area contributed by atoms with Crippen LogP contribution in [0, 0.1) is 13.8 Å². The van der Waals surface area contributed by atoms with Gasteiger partial charge in [0.2, 0.25) is 5.91 Å². The number of hydrogen-bond acceptors (Lipinski definition) is 6. The van der Waals surface area contributed by atoms with Gasteiger partial charge in [-0.05, 0) is 62.2 Å². The number of aryl methyl sites for hydroxylation is 2. The smallest absolute Gasteiger partial charge is 0.271 e. The van der Waals surface area contributed by atoms with E-state index in [1.54, 1.807) is 30.0 Å². The molecule has 5 rings (SSSR count). The highest BCUT2D eigenvalue weighted by molar-refractivity contribution is 6.03. The minimum absolute atomic E-state index is 0.0791. The fraction of sp³-hybridized carbons (Fsp3) is 0.333. The zero-order valence-electron chi connectivity index (χ0n) is 20.7. The van der Waals surface area contributed by atoms with Crippen LogP contribution in [0.1, 0.15) is 18.1 Å². The van der Waals surface area contributed by atoms with Crippen LogP contribution in [-0.4, -0.2) is 65.3 Å². The predicted octanol–water partition coefficient (Wildman–Crippen LogP) is 2.31. The highest BCUT2D eigenvalue weighted by Crippen LogP contribution is 2.33. The Morgan fingerprint density at radius 1 is 0.944 bits per heavy atom. The number of benzene rings is 2. The second-order valence-corrected chi connectivity index (χ2v) is 9.22. The molecule has 0 spiro atoms. The minimum Gasteiger partial charge on any atom is -0.482 e. The van der Waals surface area contributed by atoms with Crippen LogP contribution in [0.2, 0.25) is 0 Å². The Hall–Kier alpha value is -4.14. The molecule has 1 saturated heterocycles. The highest BCUT2D eigenvalue weighted by atomic mass is 16.5. The fourth-order valence-electron chi connectivity index (χ4n) is 4.69. The fourth-order valence-corrected chi connectivity index (χ4v) is 4.69. The number of ether oxygens (including phenoxy) is 1. The quantitative estimate of drug-likeness (QED) is 0.561.